The summed E-state index contributed by atoms with van der Waals surface area (Å²) in [6, 6.07) is 11.5. The molecule has 1 N–H and O–H groups in total. The molecule has 166 valence electrons. The number of ether oxygens (including phenoxy) is 2. The smallest absolute Gasteiger partial charge is 0.225 e. The zero-order valence-corrected chi connectivity index (χ0v) is 18.4. The number of halogens is 1. The first kappa shape index (κ1) is 22.6. The number of benzene rings is 2. The van der Waals surface area contributed by atoms with Gasteiger partial charge in [-0.15, -0.1) is 0 Å². The number of nitrogens with one attached hydrogen (secondary N) is 1. The average molecular weight is 429 g/mol. The lowest BCUT2D eigenvalue weighted by Gasteiger charge is -2.21. The fourth-order valence-corrected chi connectivity index (χ4v) is 3.98. The summed E-state index contributed by atoms with van der Waals surface area (Å²) in [5, 5.41) is 2.94. The van der Waals surface area contributed by atoms with Crippen molar-refractivity contribution in [3.63, 3.8) is 0 Å². The number of amides is 2. The predicted octanol–water partition coefficient (Wildman–Crippen LogP) is 3.36. The van der Waals surface area contributed by atoms with E-state index in [1.54, 1.807) is 37.3 Å². The maximum atomic E-state index is 13.1. The minimum Gasteiger partial charge on any atom is -0.497 e. The van der Waals surface area contributed by atoms with Gasteiger partial charge in [0.05, 0.1) is 20.1 Å². The van der Waals surface area contributed by atoms with Gasteiger partial charge in [0.2, 0.25) is 11.8 Å². The van der Waals surface area contributed by atoms with E-state index in [0.29, 0.717) is 31.1 Å². The second-order valence-corrected chi connectivity index (χ2v) is 8.06. The van der Waals surface area contributed by atoms with Gasteiger partial charge < -0.3 is 19.7 Å². The highest BCUT2D eigenvalue weighted by atomic mass is 19.1. The second kappa shape index (κ2) is 9.81. The molecule has 0 aliphatic carbocycles. The summed E-state index contributed by atoms with van der Waals surface area (Å²) in [5.41, 5.74) is 1.67. The molecule has 31 heavy (non-hydrogen) atoms. The fourth-order valence-electron chi connectivity index (χ4n) is 3.98. The first-order chi connectivity index (χ1) is 14.8. The minimum absolute atomic E-state index is 0.0197. The van der Waals surface area contributed by atoms with Crippen LogP contribution in [-0.2, 0) is 16.1 Å². The Balaban J connectivity index is 1.84. The highest BCUT2D eigenvalue weighted by Gasteiger charge is 2.41. The van der Waals surface area contributed by atoms with E-state index in [1.165, 1.54) is 12.1 Å². The summed E-state index contributed by atoms with van der Waals surface area (Å²) in [6.45, 7) is 4.78. The van der Waals surface area contributed by atoms with Crippen molar-refractivity contribution < 1.29 is 23.5 Å². The van der Waals surface area contributed by atoms with Crippen molar-refractivity contribution in [1.82, 2.24) is 10.2 Å². The largest absolute Gasteiger partial charge is 0.497 e. The molecular formula is C24H29FN2O4. The predicted molar refractivity (Wildman–Crippen MR) is 115 cm³/mol. The molecule has 1 heterocycles. The Morgan fingerprint density at radius 2 is 1.81 bits per heavy atom. The molecule has 3 rings (SSSR count). The van der Waals surface area contributed by atoms with Gasteiger partial charge in [-0.25, -0.2) is 4.39 Å². The Kier molecular flexibility index (Phi) is 7.15. The van der Waals surface area contributed by atoms with Crippen molar-refractivity contribution in [3.05, 3.63) is 59.4 Å². The van der Waals surface area contributed by atoms with Gasteiger partial charge in [0, 0.05) is 43.1 Å². The molecule has 2 amide bonds. The fraction of sp³-hybridized carbons (Fsp3) is 0.417. The molecule has 1 saturated heterocycles. The van der Waals surface area contributed by atoms with Crippen LogP contribution in [0.4, 0.5) is 4.39 Å². The topological polar surface area (TPSA) is 67.9 Å². The Hall–Kier alpha value is -3.09. The SMILES string of the molecule is COc1ccc(C2CN(C(=O)C(C)C)CC2C(=O)NCc2ccc(F)cc2)c(OC)c1. The number of hydrogen-bond acceptors (Lipinski definition) is 4. The van der Waals surface area contributed by atoms with E-state index in [0.717, 1.165) is 11.1 Å². The normalized spacial score (nSPS) is 18.2. The first-order valence-electron chi connectivity index (χ1n) is 10.4. The number of carbonyl (C=O) groups excluding carboxylic acids is 2. The van der Waals surface area contributed by atoms with Crippen LogP contribution < -0.4 is 14.8 Å². The molecule has 1 fully saturated rings. The van der Waals surface area contributed by atoms with E-state index in [-0.39, 0.29) is 29.5 Å². The standard InChI is InChI=1S/C24H29FN2O4/c1-15(2)24(29)27-13-20(19-10-9-18(30-3)11-22(19)31-4)21(14-27)23(28)26-12-16-5-7-17(25)8-6-16/h5-11,15,20-21H,12-14H2,1-4H3,(H,26,28). The lowest BCUT2D eigenvalue weighted by molar-refractivity contribution is -0.133. The minimum atomic E-state index is -0.426. The monoisotopic (exact) mass is 428 g/mol. The second-order valence-electron chi connectivity index (χ2n) is 8.06. The van der Waals surface area contributed by atoms with E-state index >= 15 is 0 Å². The number of likely N-dealkylation sites (tertiary alicyclic amines) is 1. The van der Waals surface area contributed by atoms with Crippen molar-refractivity contribution >= 4 is 11.8 Å². The zero-order valence-electron chi connectivity index (χ0n) is 18.4. The van der Waals surface area contributed by atoms with Crippen LogP contribution in [0.3, 0.4) is 0 Å². The molecule has 0 spiro atoms. The van der Waals surface area contributed by atoms with Gasteiger partial charge in [-0.2, -0.15) is 0 Å². The van der Waals surface area contributed by atoms with Gasteiger partial charge in [0.1, 0.15) is 17.3 Å². The molecule has 7 heteroatoms. The van der Waals surface area contributed by atoms with Gasteiger partial charge in [-0.3, -0.25) is 9.59 Å². The van der Waals surface area contributed by atoms with Gasteiger partial charge >= 0.3 is 0 Å². The summed E-state index contributed by atoms with van der Waals surface area (Å²) in [6.07, 6.45) is 0. The van der Waals surface area contributed by atoms with Gasteiger partial charge in [-0.05, 0) is 23.8 Å². The summed E-state index contributed by atoms with van der Waals surface area (Å²) in [5.74, 6) is 0.0464. The molecule has 6 nitrogen and oxygen atoms in total. The molecule has 2 aromatic carbocycles. The van der Waals surface area contributed by atoms with Gasteiger partial charge in [-0.1, -0.05) is 32.0 Å². The molecular weight excluding hydrogens is 399 g/mol. The molecule has 0 aromatic heterocycles. The van der Waals surface area contributed by atoms with Crippen LogP contribution >= 0.6 is 0 Å². The van der Waals surface area contributed by atoms with Gasteiger partial charge in [0.15, 0.2) is 0 Å². The Morgan fingerprint density at radius 1 is 1.10 bits per heavy atom. The van der Waals surface area contributed by atoms with Crippen molar-refractivity contribution in [3.8, 4) is 11.5 Å². The summed E-state index contributed by atoms with van der Waals surface area (Å²) in [4.78, 5) is 27.6. The van der Waals surface area contributed by atoms with Crippen LogP contribution in [0, 0.1) is 17.7 Å². The van der Waals surface area contributed by atoms with Crippen LogP contribution in [0.25, 0.3) is 0 Å². The average Bonchev–Trinajstić information content (AvgIpc) is 3.22. The molecule has 0 radical (unpaired) electrons. The summed E-state index contributed by atoms with van der Waals surface area (Å²) < 4.78 is 24.0. The zero-order chi connectivity index (χ0) is 22.5. The highest BCUT2D eigenvalue weighted by Crippen LogP contribution is 2.39. The number of carbonyl (C=O) groups is 2. The van der Waals surface area contributed by atoms with Crippen LogP contribution in [0.5, 0.6) is 11.5 Å². The third kappa shape index (κ3) is 5.16. The van der Waals surface area contributed by atoms with Gasteiger partial charge in [0.25, 0.3) is 0 Å². The number of rotatable bonds is 7. The summed E-state index contributed by atoms with van der Waals surface area (Å²) in [7, 11) is 3.16. The lowest BCUT2D eigenvalue weighted by Crippen LogP contribution is -2.36. The molecule has 2 unspecified atom stereocenters. The number of hydrogen-bond donors (Lipinski definition) is 1. The molecule has 0 saturated carbocycles. The lowest BCUT2D eigenvalue weighted by atomic mass is 9.87. The summed E-state index contributed by atoms with van der Waals surface area (Å²) >= 11 is 0. The highest BCUT2D eigenvalue weighted by molar-refractivity contribution is 5.84. The van der Waals surface area contributed by atoms with Crippen molar-refractivity contribution in [2.45, 2.75) is 26.3 Å². The molecule has 0 bridgehead atoms. The molecule has 2 aromatic rings. The van der Waals surface area contributed by atoms with E-state index in [4.69, 9.17) is 9.47 Å². The van der Waals surface area contributed by atoms with Crippen molar-refractivity contribution in [1.29, 1.82) is 0 Å². The van der Waals surface area contributed by atoms with Crippen molar-refractivity contribution in [2.24, 2.45) is 11.8 Å². The van der Waals surface area contributed by atoms with E-state index in [9.17, 15) is 14.0 Å². The van der Waals surface area contributed by atoms with Crippen LogP contribution in [0.15, 0.2) is 42.5 Å². The number of methoxy groups -OCH3 is 2. The quantitative estimate of drug-likeness (QED) is 0.734. The maximum Gasteiger partial charge on any atom is 0.225 e. The van der Waals surface area contributed by atoms with Crippen molar-refractivity contribution in [2.75, 3.05) is 27.3 Å². The van der Waals surface area contributed by atoms with Crippen LogP contribution in [-0.4, -0.2) is 44.0 Å². The first-order valence-corrected chi connectivity index (χ1v) is 10.4. The van der Waals surface area contributed by atoms with Crippen LogP contribution in [0.2, 0.25) is 0 Å². The Labute approximate surface area is 182 Å². The molecule has 1 aliphatic heterocycles. The molecule has 2 atom stereocenters. The van der Waals surface area contributed by atoms with E-state index < -0.39 is 5.92 Å². The van der Waals surface area contributed by atoms with Crippen LogP contribution in [0.1, 0.15) is 30.9 Å². The Morgan fingerprint density at radius 3 is 2.42 bits per heavy atom. The Bertz CT molecular complexity index is 930. The maximum absolute atomic E-state index is 13.1. The third-order valence-electron chi connectivity index (χ3n) is 5.68. The molecule has 1 aliphatic rings. The number of nitrogens with zero attached hydrogens (tertiary/aromatic N) is 1. The van der Waals surface area contributed by atoms with E-state index in [1.807, 2.05) is 26.0 Å². The van der Waals surface area contributed by atoms with E-state index in [2.05, 4.69) is 5.32 Å². The third-order valence-corrected chi connectivity index (χ3v) is 5.68.